The van der Waals surface area contributed by atoms with Gasteiger partial charge in [-0.3, -0.25) is 5.32 Å². The maximum atomic E-state index is 9.41. The molecule has 0 radical (unpaired) electrons. The monoisotopic (exact) mass is 385 g/mol. The van der Waals surface area contributed by atoms with Gasteiger partial charge in [-0.15, -0.1) is 10.2 Å². The van der Waals surface area contributed by atoms with E-state index in [9.17, 15) is 5.11 Å². The molecule has 0 saturated heterocycles. The smallest absolute Gasteiger partial charge is 0.248 e. The van der Waals surface area contributed by atoms with Crippen molar-refractivity contribution in [3.8, 4) is 34.0 Å². The van der Waals surface area contributed by atoms with Crippen molar-refractivity contribution in [3.63, 3.8) is 0 Å². The normalized spacial score (nSPS) is 12.1. The number of nitrogens with one attached hydrogen (secondary N) is 1. The molecule has 3 aromatic carbocycles. The summed E-state index contributed by atoms with van der Waals surface area (Å²) in [5, 5.41) is 20.9. The first kappa shape index (κ1) is 19.1. The third kappa shape index (κ3) is 4.26. The molecule has 1 heterocycles. The number of benzene rings is 3. The minimum Gasteiger partial charge on any atom is -0.416 e. The zero-order chi connectivity index (χ0) is 20.2. The van der Waals surface area contributed by atoms with E-state index in [1.165, 1.54) is 0 Å². The molecule has 0 aliphatic rings. The van der Waals surface area contributed by atoms with Crippen molar-refractivity contribution >= 4 is 0 Å². The van der Waals surface area contributed by atoms with E-state index in [0.717, 1.165) is 33.4 Å². The van der Waals surface area contributed by atoms with E-state index in [1.54, 1.807) is 6.92 Å². The van der Waals surface area contributed by atoms with Crippen LogP contribution in [0.2, 0.25) is 0 Å². The van der Waals surface area contributed by atoms with E-state index < -0.39 is 6.23 Å². The van der Waals surface area contributed by atoms with E-state index in [1.807, 2.05) is 54.6 Å². The van der Waals surface area contributed by atoms with Crippen LogP contribution in [0.25, 0.3) is 34.0 Å². The van der Waals surface area contributed by atoms with Gasteiger partial charge in [0.2, 0.25) is 11.8 Å². The minimum atomic E-state index is -0.562. The molecule has 1 atom stereocenters. The van der Waals surface area contributed by atoms with Crippen LogP contribution in [-0.4, -0.2) is 21.5 Å². The van der Waals surface area contributed by atoms with Crippen molar-refractivity contribution in [2.75, 3.05) is 0 Å². The Bertz CT molecular complexity index is 1100. The van der Waals surface area contributed by atoms with Crippen molar-refractivity contribution < 1.29 is 9.52 Å². The number of hydrogen-bond donors (Lipinski definition) is 2. The Kier molecular flexibility index (Phi) is 5.51. The number of rotatable bonds is 6. The van der Waals surface area contributed by atoms with Crippen LogP contribution < -0.4 is 5.32 Å². The fourth-order valence-corrected chi connectivity index (χ4v) is 3.33. The largest absolute Gasteiger partial charge is 0.416 e. The Morgan fingerprint density at radius 3 is 2.34 bits per heavy atom. The van der Waals surface area contributed by atoms with Crippen molar-refractivity contribution in [3.05, 3.63) is 83.9 Å². The molecular formula is C24H23N3O2. The van der Waals surface area contributed by atoms with Crippen LogP contribution in [0.15, 0.2) is 77.2 Å². The highest BCUT2D eigenvalue weighted by molar-refractivity contribution is 5.75. The molecule has 0 fully saturated rings. The number of hydrogen-bond acceptors (Lipinski definition) is 5. The lowest BCUT2D eigenvalue weighted by molar-refractivity contribution is 0.155. The van der Waals surface area contributed by atoms with Gasteiger partial charge in [-0.25, -0.2) is 0 Å². The van der Waals surface area contributed by atoms with Crippen molar-refractivity contribution in [1.29, 1.82) is 0 Å². The Labute approximate surface area is 170 Å². The van der Waals surface area contributed by atoms with E-state index in [-0.39, 0.29) is 0 Å². The maximum Gasteiger partial charge on any atom is 0.248 e. The van der Waals surface area contributed by atoms with Crippen LogP contribution in [0.1, 0.15) is 18.1 Å². The second-order valence-electron chi connectivity index (χ2n) is 7.01. The number of aliphatic hydroxyl groups excluding tert-OH is 1. The molecule has 4 aromatic rings. The Morgan fingerprint density at radius 2 is 1.55 bits per heavy atom. The molecule has 1 unspecified atom stereocenters. The average Bonchev–Trinajstić information content (AvgIpc) is 3.23. The molecule has 0 saturated carbocycles. The second kappa shape index (κ2) is 8.39. The van der Waals surface area contributed by atoms with E-state index in [2.05, 4.69) is 40.6 Å². The molecule has 0 aliphatic carbocycles. The van der Waals surface area contributed by atoms with Crippen LogP contribution in [0.5, 0.6) is 0 Å². The molecule has 0 bridgehead atoms. The van der Waals surface area contributed by atoms with Crippen LogP contribution in [0.4, 0.5) is 0 Å². The third-order valence-corrected chi connectivity index (χ3v) is 4.85. The van der Waals surface area contributed by atoms with E-state index in [0.29, 0.717) is 18.3 Å². The minimum absolute atomic E-state index is 0.475. The summed E-state index contributed by atoms with van der Waals surface area (Å²) >= 11 is 0. The maximum absolute atomic E-state index is 9.41. The number of aromatic nitrogens is 2. The zero-order valence-electron chi connectivity index (χ0n) is 16.5. The van der Waals surface area contributed by atoms with Crippen molar-refractivity contribution in [2.24, 2.45) is 0 Å². The summed E-state index contributed by atoms with van der Waals surface area (Å²) in [5.41, 5.74) is 6.22. The molecule has 0 amide bonds. The molecule has 29 heavy (non-hydrogen) atoms. The van der Waals surface area contributed by atoms with Gasteiger partial charge in [-0.1, -0.05) is 54.6 Å². The molecule has 146 valence electrons. The SMILES string of the molecule is Cc1c(-c2ccccc2)cccc1-c1nnc(-c2cccc(CNC(C)O)c2)o1. The Hall–Kier alpha value is -3.28. The first-order chi connectivity index (χ1) is 14.1. The third-order valence-electron chi connectivity index (χ3n) is 4.85. The lowest BCUT2D eigenvalue weighted by Gasteiger charge is -2.09. The predicted molar refractivity (Wildman–Crippen MR) is 114 cm³/mol. The van der Waals surface area contributed by atoms with E-state index >= 15 is 0 Å². The summed E-state index contributed by atoms with van der Waals surface area (Å²) in [7, 11) is 0. The van der Waals surface area contributed by atoms with Gasteiger partial charge in [0.25, 0.3) is 0 Å². The van der Waals surface area contributed by atoms with Gasteiger partial charge >= 0.3 is 0 Å². The lowest BCUT2D eigenvalue weighted by atomic mass is 9.96. The fraction of sp³-hybridized carbons (Fsp3) is 0.167. The van der Waals surface area contributed by atoms with Gasteiger partial charge in [0.1, 0.15) is 6.23 Å². The average molecular weight is 385 g/mol. The zero-order valence-corrected chi connectivity index (χ0v) is 16.5. The van der Waals surface area contributed by atoms with Gasteiger partial charge in [0.15, 0.2) is 0 Å². The van der Waals surface area contributed by atoms with Crippen molar-refractivity contribution in [2.45, 2.75) is 26.6 Å². The molecule has 5 nitrogen and oxygen atoms in total. The van der Waals surface area contributed by atoms with E-state index in [4.69, 9.17) is 4.42 Å². The molecule has 0 aliphatic heterocycles. The molecule has 5 heteroatoms. The van der Waals surface area contributed by atoms with Crippen LogP contribution in [0.3, 0.4) is 0 Å². The quantitative estimate of drug-likeness (QED) is 0.466. The summed E-state index contributed by atoms with van der Waals surface area (Å²) in [6, 6.07) is 24.2. The summed E-state index contributed by atoms with van der Waals surface area (Å²) in [6.45, 7) is 4.33. The second-order valence-corrected chi connectivity index (χ2v) is 7.01. The van der Waals surface area contributed by atoms with Crippen molar-refractivity contribution in [1.82, 2.24) is 15.5 Å². The molecule has 1 aromatic heterocycles. The molecule has 4 rings (SSSR count). The molecule has 2 N–H and O–H groups in total. The van der Waals surface area contributed by atoms with Gasteiger partial charge in [0.05, 0.1) is 0 Å². The van der Waals surface area contributed by atoms with Gasteiger partial charge in [-0.05, 0) is 54.3 Å². The van der Waals surface area contributed by atoms with Crippen LogP contribution in [0, 0.1) is 6.92 Å². The lowest BCUT2D eigenvalue weighted by Crippen LogP contribution is -2.24. The predicted octanol–water partition coefficient (Wildman–Crippen LogP) is 4.81. The topological polar surface area (TPSA) is 71.2 Å². The molecular weight excluding hydrogens is 362 g/mol. The standard InChI is InChI=1S/C24H23N3O2/c1-16-21(19-9-4-3-5-10-19)12-7-13-22(16)24-27-26-23(29-24)20-11-6-8-18(14-20)15-25-17(2)28/h3-14,17,25,28H,15H2,1-2H3. The van der Waals surface area contributed by atoms with Gasteiger partial charge in [-0.2, -0.15) is 0 Å². The first-order valence-electron chi connectivity index (χ1n) is 9.61. The Balaban J connectivity index is 1.64. The number of aliphatic hydroxyl groups is 1. The van der Waals surface area contributed by atoms with Gasteiger partial charge < -0.3 is 9.52 Å². The highest BCUT2D eigenvalue weighted by atomic mass is 16.4. The summed E-state index contributed by atoms with van der Waals surface area (Å²) < 4.78 is 6.02. The first-order valence-corrected chi connectivity index (χ1v) is 9.61. The van der Waals surface area contributed by atoms with Gasteiger partial charge in [0, 0.05) is 17.7 Å². The molecule has 0 spiro atoms. The highest BCUT2D eigenvalue weighted by Crippen LogP contribution is 2.32. The van der Waals surface area contributed by atoms with Crippen LogP contribution >= 0.6 is 0 Å². The fourth-order valence-electron chi connectivity index (χ4n) is 3.33. The Morgan fingerprint density at radius 1 is 0.862 bits per heavy atom. The summed E-state index contributed by atoms with van der Waals surface area (Å²) in [6.07, 6.45) is -0.562. The summed E-state index contributed by atoms with van der Waals surface area (Å²) in [4.78, 5) is 0. The van der Waals surface area contributed by atoms with Crippen LogP contribution in [-0.2, 0) is 6.54 Å². The highest BCUT2D eigenvalue weighted by Gasteiger charge is 2.15. The summed E-state index contributed by atoms with van der Waals surface area (Å²) in [5.74, 6) is 0.978. The number of nitrogens with zero attached hydrogens (tertiary/aromatic N) is 2.